The van der Waals surface area contributed by atoms with Crippen LogP contribution in [-0.4, -0.2) is 14.9 Å². The van der Waals surface area contributed by atoms with E-state index in [1.54, 1.807) is 23.9 Å². The normalized spacial score (nSPS) is 10.7. The standard InChI is InChI=1S/C12H12BrClN2O2/c1-16-10(6-17)12(13)9(15-16)7-18-11-5-3-2-4-8(11)14/h2-5,17H,6-7H2,1H3. The third-order valence-corrected chi connectivity index (χ3v) is 3.75. The first-order valence-electron chi connectivity index (χ1n) is 5.32. The minimum atomic E-state index is -0.0732. The molecular formula is C12H12BrClN2O2. The summed E-state index contributed by atoms with van der Waals surface area (Å²) < 4.78 is 7.98. The van der Waals surface area contributed by atoms with Crippen molar-refractivity contribution in [2.75, 3.05) is 0 Å². The largest absolute Gasteiger partial charge is 0.486 e. The second-order valence-corrected chi connectivity index (χ2v) is 4.91. The number of aromatic nitrogens is 2. The van der Waals surface area contributed by atoms with Crippen molar-refractivity contribution in [1.82, 2.24) is 9.78 Å². The SMILES string of the molecule is Cn1nc(COc2ccccc2Cl)c(Br)c1CO. The van der Waals surface area contributed by atoms with Gasteiger partial charge in [0.1, 0.15) is 18.1 Å². The van der Waals surface area contributed by atoms with Gasteiger partial charge >= 0.3 is 0 Å². The number of aryl methyl sites for hydroxylation is 1. The van der Waals surface area contributed by atoms with Crippen LogP contribution >= 0.6 is 27.5 Å². The van der Waals surface area contributed by atoms with Crippen molar-refractivity contribution >= 4 is 27.5 Å². The highest BCUT2D eigenvalue weighted by Crippen LogP contribution is 2.26. The van der Waals surface area contributed by atoms with Crippen molar-refractivity contribution in [3.63, 3.8) is 0 Å². The first-order valence-corrected chi connectivity index (χ1v) is 6.49. The predicted molar refractivity (Wildman–Crippen MR) is 72.6 cm³/mol. The summed E-state index contributed by atoms with van der Waals surface area (Å²) in [5, 5.41) is 14.0. The molecule has 96 valence electrons. The van der Waals surface area contributed by atoms with E-state index in [1.807, 2.05) is 12.1 Å². The maximum Gasteiger partial charge on any atom is 0.138 e. The van der Waals surface area contributed by atoms with Gasteiger partial charge in [0.25, 0.3) is 0 Å². The molecule has 0 fully saturated rings. The van der Waals surface area contributed by atoms with Gasteiger partial charge in [-0.2, -0.15) is 5.10 Å². The Bertz CT molecular complexity index is 557. The smallest absolute Gasteiger partial charge is 0.138 e. The van der Waals surface area contributed by atoms with E-state index in [9.17, 15) is 5.11 Å². The van der Waals surface area contributed by atoms with Crippen LogP contribution in [0.4, 0.5) is 0 Å². The van der Waals surface area contributed by atoms with Gasteiger partial charge in [-0.3, -0.25) is 4.68 Å². The summed E-state index contributed by atoms with van der Waals surface area (Å²) in [5.41, 5.74) is 1.44. The number of rotatable bonds is 4. The molecule has 1 N–H and O–H groups in total. The monoisotopic (exact) mass is 330 g/mol. The Hall–Kier alpha value is -1.04. The molecule has 0 aliphatic carbocycles. The number of halogens is 2. The van der Waals surface area contributed by atoms with Gasteiger partial charge in [0.05, 0.1) is 21.8 Å². The predicted octanol–water partition coefficient (Wildman–Crippen LogP) is 2.91. The zero-order chi connectivity index (χ0) is 13.1. The molecule has 0 aliphatic heterocycles. The number of ether oxygens (including phenoxy) is 1. The fourth-order valence-corrected chi connectivity index (χ4v) is 2.33. The molecule has 1 heterocycles. The molecule has 0 radical (unpaired) electrons. The van der Waals surface area contributed by atoms with E-state index in [4.69, 9.17) is 16.3 Å². The number of benzene rings is 1. The van der Waals surface area contributed by atoms with Crippen LogP contribution < -0.4 is 4.74 Å². The molecule has 18 heavy (non-hydrogen) atoms. The molecule has 4 nitrogen and oxygen atoms in total. The fraction of sp³-hybridized carbons (Fsp3) is 0.250. The molecule has 0 bridgehead atoms. The molecule has 0 aliphatic rings. The van der Waals surface area contributed by atoms with Crippen LogP contribution in [-0.2, 0) is 20.3 Å². The summed E-state index contributed by atoms with van der Waals surface area (Å²) in [4.78, 5) is 0. The molecule has 1 aromatic carbocycles. The van der Waals surface area contributed by atoms with E-state index in [-0.39, 0.29) is 13.2 Å². The quantitative estimate of drug-likeness (QED) is 0.937. The Balaban J connectivity index is 2.14. The van der Waals surface area contributed by atoms with E-state index in [2.05, 4.69) is 21.0 Å². The summed E-state index contributed by atoms with van der Waals surface area (Å²) in [5.74, 6) is 0.613. The molecule has 2 rings (SSSR count). The van der Waals surface area contributed by atoms with Gasteiger partial charge in [-0.05, 0) is 28.1 Å². The van der Waals surface area contributed by atoms with Gasteiger partial charge in [0.15, 0.2) is 0 Å². The third-order valence-electron chi connectivity index (χ3n) is 2.52. The van der Waals surface area contributed by atoms with Crippen molar-refractivity contribution in [3.8, 4) is 5.75 Å². The molecule has 2 aromatic rings. The van der Waals surface area contributed by atoms with Crippen LogP contribution in [0.25, 0.3) is 0 Å². The zero-order valence-corrected chi connectivity index (χ0v) is 12.1. The molecule has 0 saturated carbocycles. The Morgan fingerprint density at radius 2 is 2.17 bits per heavy atom. The molecule has 0 atom stereocenters. The highest BCUT2D eigenvalue weighted by molar-refractivity contribution is 9.10. The summed E-state index contributed by atoms with van der Waals surface area (Å²) >= 11 is 9.39. The number of aliphatic hydroxyl groups is 1. The van der Waals surface area contributed by atoms with Crippen molar-refractivity contribution in [2.24, 2.45) is 7.05 Å². The van der Waals surface area contributed by atoms with Gasteiger partial charge in [0.2, 0.25) is 0 Å². The molecule has 0 amide bonds. The van der Waals surface area contributed by atoms with E-state index in [0.717, 1.165) is 10.2 Å². The molecule has 1 aromatic heterocycles. The maximum atomic E-state index is 9.19. The Kier molecular flexibility index (Phi) is 4.27. The van der Waals surface area contributed by atoms with E-state index in [1.165, 1.54) is 0 Å². The Labute approximate surface area is 118 Å². The van der Waals surface area contributed by atoms with Gasteiger partial charge in [0, 0.05) is 7.05 Å². The van der Waals surface area contributed by atoms with Crippen LogP contribution in [0.15, 0.2) is 28.7 Å². The van der Waals surface area contributed by atoms with Crippen LogP contribution in [0.5, 0.6) is 5.75 Å². The highest BCUT2D eigenvalue weighted by Gasteiger charge is 2.13. The average Bonchev–Trinajstić information content (AvgIpc) is 2.63. The van der Waals surface area contributed by atoms with Crippen molar-refractivity contribution in [2.45, 2.75) is 13.2 Å². The minimum absolute atomic E-state index is 0.0732. The second-order valence-electron chi connectivity index (χ2n) is 3.71. The Morgan fingerprint density at radius 3 is 2.78 bits per heavy atom. The van der Waals surface area contributed by atoms with Crippen LogP contribution in [0.3, 0.4) is 0 Å². The van der Waals surface area contributed by atoms with E-state index < -0.39 is 0 Å². The second kappa shape index (κ2) is 5.73. The minimum Gasteiger partial charge on any atom is -0.486 e. The number of aliphatic hydroxyl groups excluding tert-OH is 1. The van der Waals surface area contributed by atoms with Crippen LogP contribution in [0, 0.1) is 0 Å². The lowest BCUT2D eigenvalue weighted by molar-refractivity contribution is 0.270. The number of nitrogens with zero attached hydrogens (tertiary/aromatic N) is 2. The maximum absolute atomic E-state index is 9.19. The molecule has 0 unspecified atom stereocenters. The van der Waals surface area contributed by atoms with Crippen molar-refractivity contribution < 1.29 is 9.84 Å². The molecule has 0 saturated heterocycles. The molecule has 6 heteroatoms. The topological polar surface area (TPSA) is 47.3 Å². The van der Waals surface area contributed by atoms with Crippen molar-refractivity contribution in [1.29, 1.82) is 0 Å². The summed E-state index contributed by atoms with van der Waals surface area (Å²) in [6.07, 6.45) is 0. The van der Waals surface area contributed by atoms with E-state index in [0.29, 0.717) is 16.5 Å². The summed E-state index contributed by atoms with van der Waals surface area (Å²) in [6, 6.07) is 7.26. The molecule has 0 spiro atoms. The van der Waals surface area contributed by atoms with Gasteiger partial charge in [-0.1, -0.05) is 23.7 Å². The van der Waals surface area contributed by atoms with Gasteiger partial charge in [-0.25, -0.2) is 0 Å². The lowest BCUT2D eigenvalue weighted by atomic mass is 10.3. The average molecular weight is 332 g/mol. The zero-order valence-electron chi connectivity index (χ0n) is 9.73. The van der Waals surface area contributed by atoms with Gasteiger partial charge < -0.3 is 9.84 Å². The van der Waals surface area contributed by atoms with E-state index >= 15 is 0 Å². The molecular weight excluding hydrogens is 320 g/mol. The number of para-hydroxylation sites is 1. The van der Waals surface area contributed by atoms with Crippen LogP contribution in [0.2, 0.25) is 5.02 Å². The van der Waals surface area contributed by atoms with Crippen LogP contribution in [0.1, 0.15) is 11.4 Å². The number of hydrogen-bond donors (Lipinski definition) is 1. The third kappa shape index (κ3) is 2.68. The lowest BCUT2D eigenvalue weighted by Crippen LogP contribution is -1.99. The lowest BCUT2D eigenvalue weighted by Gasteiger charge is -2.06. The first-order chi connectivity index (χ1) is 8.63. The number of hydrogen-bond acceptors (Lipinski definition) is 3. The fourth-order valence-electron chi connectivity index (χ4n) is 1.57. The van der Waals surface area contributed by atoms with Crippen molar-refractivity contribution in [3.05, 3.63) is 45.1 Å². The highest BCUT2D eigenvalue weighted by atomic mass is 79.9. The summed E-state index contributed by atoms with van der Waals surface area (Å²) in [6.45, 7) is 0.217. The first kappa shape index (κ1) is 13.4. The summed E-state index contributed by atoms with van der Waals surface area (Å²) in [7, 11) is 1.77. The van der Waals surface area contributed by atoms with Gasteiger partial charge in [-0.15, -0.1) is 0 Å². The Morgan fingerprint density at radius 1 is 1.44 bits per heavy atom.